The molecular formula is C17H26O. The summed E-state index contributed by atoms with van der Waals surface area (Å²) in [6.45, 7) is 13.4. The number of hydrogen-bond donors (Lipinski definition) is 0. The van der Waals surface area contributed by atoms with Gasteiger partial charge in [-0.1, -0.05) is 13.3 Å². The Labute approximate surface area is 112 Å². The SMILES string of the molecule is CCCC1(C)CCc2c(C)c(C)c(C)c(C)c2O1. The van der Waals surface area contributed by atoms with Gasteiger partial charge in [-0.25, -0.2) is 0 Å². The van der Waals surface area contributed by atoms with Gasteiger partial charge < -0.3 is 4.74 Å². The van der Waals surface area contributed by atoms with E-state index in [2.05, 4.69) is 41.5 Å². The van der Waals surface area contributed by atoms with E-state index < -0.39 is 0 Å². The van der Waals surface area contributed by atoms with E-state index in [0.29, 0.717) is 0 Å². The van der Waals surface area contributed by atoms with Crippen LogP contribution in [0.2, 0.25) is 0 Å². The van der Waals surface area contributed by atoms with E-state index in [1.54, 1.807) is 0 Å². The largest absolute Gasteiger partial charge is 0.487 e. The zero-order valence-electron chi connectivity index (χ0n) is 12.7. The van der Waals surface area contributed by atoms with Gasteiger partial charge in [0.05, 0.1) is 0 Å². The van der Waals surface area contributed by atoms with Crippen LogP contribution in [0.1, 0.15) is 60.9 Å². The summed E-state index contributed by atoms with van der Waals surface area (Å²) < 4.78 is 6.41. The van der Waals surface area contributed by atoms with Gasteiger partial charge in [0.15, 0.2) is 0 Å². The zero-order chi connectivity index (χ0) is 13.5. The zero-order valence-corrected chi connectivity index (χ0v) is 12.7. The molecule has 1 aliphatic heterocycles. The molecule has 1 aromatic carbocycles. The van der Waals surface area contributed by atoms with Gasteiger partial charge in [-0.05, 0) is 81.7 Å². The Hall–Kier alpha value is -0.980. The molecular weight excluding hydrogens is 220 g/mol. The Balaban J connectivity index is 2.50. The second-order valence-electron chi connectivity index (χ2n) is 6.11. The second-order valence-corrected chi connectivity index (χ2v) is 6.11. The monoisotopic (exact) mass is 246 g/mol. The lowest BCUT2D eigenvalue weighted by Crippen LogP contribution is -2.37. The second kappa shape index (κ2) is 4.60. The fourth-order valence-corrected chi connectivity index (χ4v) is 3.19. The molecule has 1 nitrogen and oxygen atoms in total. The number of ether oxygens (including phenoxy) is 1. The highest BCUT2D eigenvalue weighted by Crippen LogP contribution is 2.41. The smallest absolute Gasteiger partial charge is 0.126 e. The lowest BCUT2D eigenvalue weighted by Gasteiger charge is -2.38. The summed E-state index contributed by atoms with van der Waals surface area (Å²) in [4.78, 5) is 0. The van der Waals surface area contributed by atoms with Gasteiger partial charge >= 0.3 is 0 Å². The molecule has 0 saturated heterocycles. The van der Waals surface area contributed by atoms with Gasteiger partial charge in [0.1, 0.15) is 11.4 Å². The molecule has 0 fully saturated rings. The Morgan fingerprint density at radius 2 is 1.61 bits per heavy atom. The van der Waals surface area contributed by atoms with Gasteiger partial charge in [-0.2, -0.15) is 0 Å². The van der Waals surface area contributed by atoms with Crippen molar-refractivity contribution in [2.45, 2.75) is 72.8 Å². The summed E-state index contributed by atoms with van der Waals surface area (Å²) >= 11 is 0. The minimum atomic E-state index is 0.0423. The minimum Gasteiger partial charge on any atom is -0.487 e. The molecule has 0 spiro atoms. The highest BCUT2D eigenvalue weighted by atomic mass is 16.5. The Morgan fingerprint density at radius 3 is 2.22 bits per heavy atom. The van der Waals surface area contributed by atoms with Crippen LogP contribution in [-0.4, -0.2) is 5.60 Å². The van der Waals surface area contributed by atoms with Gasteiger partial charge in [-0.3, -0.25) is 0 Å². The summed E-state index contributed by atoms with van der Waals surface area (Å²) in [6, 6.07) is 0. The average Bonchev–Trinajstić information content (AvgIpc) is 2.34. The van der Waals surface area contributed by atoms with Gasteiger partial charge in [0, 0.05) is 0 Å². The van der Waals surface area contributed by atoms with Crippen molar-refractivity contribution in [1.82, 2.24) is 0 Å². The van der Waals surface area contributed by atoms with E-state index in [-0.39, 0.29) is 5.60 Å². The fraction of sp³-hybridized carbons (Fsp3) is 0.647. The maximum Gasteiger partial charge on any atom is 0.126 e. The van der Waals surface area contributed by atoms with E-state index in [9.17, 15) is 0 Å². The molecule has 2 rings (SSSR count). The first-order valence-electron chi connectivity index (χ1n) is 7.18. The quantitative estimate of drug-likeness (QED) is 0.728. The van der Waals surface area contributed by atoms with Crippen molar-refractivity contribution in [3.05, 3.63) is 27.8 Å². The van der Waals surface area contributed by atoms with Crippen LogP contribution in [0.3, 0.4) is 0 Å². The molecule has 100 valence electrons. The molecule has 1 aromatic rings. The van der Waals surface area contributed by atoms with Crippen LogP contribution in [0.25, 0.3) is 0 Å². The Morgan fingerprint density at radius 1 is 1.00 bits per heavy atom. The summed E-state index contributed by atoms with van der Waals surface area (Å²) in [5, 5.41) is 0. The third-order valence-electron chi connectivity index (χ3n) is 4.79. The fourth-order valence-electron chi connectivity index (χ4n) is 3.19. The highest BCUT2D eigenvalue weighted by molar-refractivity contribution is 5.55. The predicted molar refractivity (Wildman–Crippen MR) is 77.7 cm³/mol. The first kappa shape index (κ1) is 13.5. The molecule has 18 heavy (non-hydrogen) atoms. The number of fused-ring (bicyclic) bond motifs is 1. The molecule has 1 heteroatoms. The van der Waals surface area contributed by atoms with Crippen LogP contribution in [0.5, 0.6) is 5.75 Å². The van der Waals surface area contributed by atoms with Crippen molar-refractivity contribution in [2.75, 3.05) is 0 Å². The number of hydrogen-bond acceptors (Lipinski definition) is 1. The molecule has 0 bridgehead atoms. The predicted octanol–water partition coefficient (Wildman–Crippen LogP) is 4.80. The summed E-state index contributed by atoms with van der Waals surface area (Å²) in [5.74, 6) is 1.18. The van der Waals surface area contributed by atoms with E-state index >= 15 is 0 Å². The summed E-state index contributed by atoms with van der Waals surface area (Å²) in [5.41, 5.74) is 7.10. The lowest BCUT2D eigenvalue weighted by molar-refractivity contribution is 0.0543. The van der Waals surface area contributed by atoms with Crippen molar-refractivity contribution in [3.63, 3.8) is 0 Å². The van der Waals surface area contributed by atoms with Crippen molar-refractivity contribution >= 4 is 0 Å². The van der Waals surface area contributed by atoms with Crippen LogP contribution in [0.15, 0.2) is 0 Å². The molecule has 0 radical (unpaired) electrons. The number of benzene rings is 1. The molecule has 1 unspecified atom stereocenters. The van der Waals surface area contributed by atoms with E-state index in [0.717, 1.165) is 12.8 Å². The van der Waals surface area contributed by atoms with Crippen LogP contribution in [0, 0.1) is 27.7 Å². The van der Waals surface area contributed by atoms with Crippen molar-refractivity contribution < 1.29 is 4.74 Å². The lowest BCUT2D eigenvalue weighted by atomic mass is 9.84. The van der Waals surface area contributed by atoms with Crippen molar-refractivity contribution in [1.29, 1.82) is 0 Å². The summed E-state index contributed by atoms with van der Waals surface area (Å²) in [7, 11) is 0. The van der Waals surface area contributed by atoms with Gasteiger partial charge in [0.25, 0.3) is 0 Å². The normalized spacial score (nSPS) is 22.6. The molecule has 1 aliphatic rings. The van der Waals surface area contributed by atoms with E-state index in [1.165, 1.54) is 46.4 Å². The third-order valence-corrected chi connectivity index (χ3v) is 4.79. The molecule has 0 amide bonds. The standard InChI is InChI=1S/C17H26O/c1-7-9-17(6)10-8-15-13(4)11(2)12(3)14(5)16(15)18-17/h7-10H2,1-6H3. The molecule has 0 N–H and O–H groups in total. The topological polar surface area (TPSA) is 9.23 Å². The maximum atomic E-state index is 6.41. The molecule has 1 atom stereocenters. The van der Waals surface area contributed by atoms with Gasteiger partial charge in [0.2, 0.25) is 0 Å². The van der Waals surface area contributed by atoms with Crippen LogP contribution in [0.4, 0.5) is 0 Å². The van der Waals surface area contributed by atoms with Crippen molar-refractivity contribution in [2.24, 2.45) is 0 Å². The van der Waals surface area contributed by atoms with E-state index in [1.807, 2.05) is 0 Å². The maximum absolute atomic E-state index is 6.41. The first-order valence-corrected chi connectivity index (χ1v) is 7.18. The van der Waals surface area contributed by atoms with E-state index in [4.69, 9.17) is 4.74 Å². The highest BCUT2D eigenvalue weighted by Gasteiger charge is 2.33. The first-order chi connectivity index (χ1) is 8.39. The number of rotatable bonds is 2. The third kappa shape index (κ3) is 2.04. The minimum absolute atomic E-state index is 0.0423. The molecule has 0 aromatic heterocycles. The van der Waals surface area contributed by atoms with Crippen LogP contribution >= 0.6 is 0 Å². The Kier molecular flexibility index (Phi) is 3.44. The van der Waals surface area contributed by atoms with Crippen LogP contribution in [-0.2, 0) is 6.42 Å². The molecule has 0 aliphatic carbocycles. The van der Waals surface area contributed by atoms with Crippen molar-refractivity contribution in [3.8, 4) is 5.75 Å². The van der Waals surface area contributed by atoms with Gasteiger partial charge in [-0.15, -0.1) is 0 Å². The summed E-state index contributed by atoms with van der Waals surface area (Å²) in [6.07, 6.45) is 4.66. The average molecular weight is 246 g/mol. The Bertz CT molecular complexity index is 473. The molecule has 1 heterocycles. The molecule has 0 saturated carbocycles. The van der Waals surface area contributed by atoms with Crippen LogP contribution < -0.4 is 4.74 Å².